The lowest BCUT2D eigenvalue weighted by molar-refractivity contribution is -0.0282. The van der Waals surface area contributed by atoms with Gasteiger partial charge in [0, 0.05) is 16.6 Å². The summed E-state index contributed by atoms with van der Waals surface area (Å²) in [4.78, 5) is 14.9. The standard InChI is InChI=1S/C15H20N2O3/c1-15(2,3)20-7-6-19-14(18)13-9-10-8-11(16)4-5-12(10)17-13/h4-5,8-9,17H,6-7,16H2,1-3H3. The van der Waals surface area contributed by atoms with Crippen molar-refractivity contribution in [2.75, 3.05) is 18.9 Å². The van der Waals surface area contributed by atoms with Crippen molar-refractivity contribution in [1.82, 2.24) is 4.98 Å². The maximum Gasteiger partial charge on any atom is 0.354 e. The number of nitrogens with two attached hydrogens (primary N) is 1. The zero-order valence-corrected chi connectivity index (χ0v) is 12.0. The smallest absolute Gasteiger partial charge is 0.354 e. The molecule has 1 aromatic carbocycles. The van der Waals surface area contributed by atoms with Gasteiger partial charge < -0.3 is 20.2 Å². The van der Waals surface area contributed by atoms with Gasteiger partial charge >= 0.3 is 5.97 Å². The zero-order valence-electron chi connectivity index (χ0n) is 12.0. The third kappa shape index (κ3) is 3.74. The molecule has 0 radical (unpaired) electrons. The number of benzene rings is 1. The fourth-order valence-electron chi connectivity index (χ4n) is 1.82. The molecule has 0 amide bonds. The van der Waals surface area contributed by atoms with Gasteiger partial charge in [-0.3, -0.25) is 0 Å². The molecule has 0 saturated carbocycles. The molecule has 0 aliphatic rings. The molecule has 5 heteroatoms. The van der Waals surface area contributed by atoms with Crippen LogP contribution in [0.3, 0.4) is 0 Å². The fraction of sp³-hybridized carbons (Fsp3) is 0.400. The number of rotatable bonds is 4. The van der Waals surface area contributed by atoms with E-state index in [-0.39, 0.29) is 12.2 Å². The van der Waals surface area contributed by atoms with E-state index in [1.807, 2.05) is 32.9 Å². The van der Waals surface area contributed by atoms with Crippen LogP contribution in [-0.4, -0.2) is 29.8 Å². The number of nitrogen functional groups attached to an aromatic ring is 1. The van der Waals surface area contributed by atoms with Crippen molar-refractivity contribution in [2.24, 2.45) is 0 Å². The van der Waals surface area contributed by atoms with E-state index in [2.05, 4.69) is 4.98 Å². The molecule has 2 rings (SSSR count). The summed E-state index contributed by atoms with van der Waals surface area (Å²) in [6, 6.07) is 7.17. The first-order chi connectivity index (χ1) is 9.35. The molecule has 2 aromatic rings. The van der Waals surface area contributed by atoms with Gasteiger partial charge in [0.15, 0.2) is 0 Å². The molecule has 1 aromatic heterocycles. The Hall–Kier alpha value is -2.01. The Morgan fingerprint density at radius 3 is 2.70 bits per heavy atom. The average molecular weight is 276 g/mol. The highest BCUT2D eigenvalue weighted by atomic mass is 16.6. The third-order valence-corrected chi connectivity index (χ3v) is 2.72. The summed E-state index contributed by atoms with van der Waals surface area (Å²) in [6.45, 7) is 6.47. The molecule has 0 aliphatic carbocycles. The van der Waals surface area contributed by atoms with E-state index >= 15 is 0 Å². The Morgan fingerprint density at radius 2 is 2.00 bits per heavy atom. The highest BCUT2D eigenvalue weighted by Gasteiger charge is 2.13. The molecule has 20 heavy (non-hydrogen) atoms. The number of carbonyl (C=O) groups excluding carboxylic acids is 1. The summed E-state index contributed by atoms with van der Waals surface area (Å²) in [7, 11) is 0. The maximum absolute atomic E-state index is 11.9. The minimum atomic E-state index is -0.391. The number of aromatic nitrogens is 1. The van der Waals surface area contributed by atoms with Crippen LogP contribution >= 0.6 is 0 Å². The lowest BCUT2D eigenvalue weighted by Crippen LogP contribution is -2.22. The van der Waals surface area contributed by atoms with Crippen LogP contribution < -0.4 is 5.73 Å². The maximum atomic E-state index is 11.9. The number of anilines is 1. The molecule has 108 valence electrons. The molecular formula is C15H20N2O3. The SMILES string of the molecule is CC(C)(C)OCCOC(=O)c1cc2cc(N)ccc2[nH]1. The lowest BCUT2D eigenvalue weighted by atomic mass is 10.2. The first-order valence-corrected chi connectivity index (χ1v) is 6.54. The van der Waals surface area contributed by atoms with Crippen molar-refractivity contribution in [1.29, 1.82) is 0 Å². The number of aromatic amines is 1. The summed E-state index contributed by atoms with van der Waals surface area (Å²) in [6.07, 6.45) is 0. The Labute approximate surface area is 118 Å². The van der Waals surface area contributed by atoms with Gasteiger partial charge in [-0.15, -0.1) is 0 Å². The van der Waals surface area contributed by atoms with Crippen LogP contribution in [0.4, 0.5) is 5.69 Å². The van der Waals surface area contributed by atoms with E-state index in [4.69, 9.17) is 15.2 Å². The average Bonchev–Trinajstić information content (AvgIpc) is 2.76. The van der Waals surface area contributed by atoms with Crippen molar-refractivity contribution < 1.29 is 14.3 Å². The molecule has 0 unspecified atom stereocenters. The van der Waals surface area contributed by atoms with Gasteiger partial charge in [0.05, 0.1) is 12.2 Å². The highest BCUT2D eigenvalue weighted by molar-refractivity contribution is 5.95. The van der Waals surface area contributed by atoms with Crippen LogP contribution in [0.25, 0.3) is 10.9 Å². The van der Waals surface area contributed by atoms with Crippen molar-refractivity contribution in [2.45, 2.75) is 26.4 Å². The molecule has 1 heterocycles. The van der Waals surface area contributed by atoms with Crippen LogP contribution in [0.15, 0.2) is 24.3 Å². The summed E-state index contributed by atoms with van der Waals surface area (Å²) >= 11 is 0. The van der Waals surface area contributed by atoms with Crippen LogP contribution in [0.5, 0.6) is 0 Å². The number of ether oxygens (including phenoxy) is 2. The number of nitrogens with one attached hydrogen (secondary N) is 1. The van der Waals surface area contributed by atoms with Gasteiger partial charge in [0.2, 0.25) is 0 Å². The normalized spacial score (nSPS) is 11.8. The minimum absolute atomic E-state index is 0.230. The summed E-state index contributed by atoms with van der Waals surface area (Å²) in [5.74, 6) is -0.391. The molecule has 0 fully saturated rings. The second kappa shape index (κ2) is 5.54. The molecule has 0 atom stereocenters. The fourth-order valence-corrected chi connectivity index (χ4v) is 1.82. The van der Waals surface area contributed by atoms with Crippen LogP contribution in [0, 0.1) is 0 Å². The molecule has 5 nitrogen and oxygen atoms in total. The van der Waals surface area contributed by atoms with Crippen molar-refractivity contribution in [3.8, 4) is 0 Å². The Morgan fingerprint density at radius 1 is 1.25 bits per heavy atom. The van der Waals surface area contributed by atoms with Gasteiger partial charge in [-0.1, -0.05) is 0 Å². The van der Waals surface area contributed by atoms with E-state index in [1.165, 1.54) is 0 Å². The zero-order chi connectivity index (χ0) is 14.8. The van der Waals surface area contributed by atoms with E-state index in [1.54, 1.807) is 12.1 Å². The molecule has 3 N–H and O–H groups in total. The van der Waals surface area contributed by atoms with Gasteiger partial charge in [0.25, 0.3) is 0 Å². The van der Waals surface area contributed by atoms with Crippen molar-refractivity contribution in [3.05, 3.63) is 30.0 Å². The second-order valence-corrected chi connectivity index (χ2v) is 5.63. The van der Waals surface area contributed by atoms with Crippen LogP contribution in [0.2, 0.25) is 0 Å². The number of hydrogen-bond acceptors (Lipinski definition) is 4. The minimum Gasteiger partial charge on any atom is -0.459 e. The predicted octanol–water partition coefficient (Wildman–Crippen LogP) is 2.72. The highest BCUT2D eigenvalue weighted by Crippen LogP contribution is 2.18. The predicted molar refractivity (Wildman–Crippen MR) is 78.7 cm³/mol. The molecule has 0 saturated heterocycles. The van der Waals surface area contributed by atoms with E-state index in [0.29, 0.717) is 18.0 Å². The number of esters is 1. The van der Waals surface area contributed by atoms with Crippen molar-refractivity contribution in [3.63, 3.8) is 0 Å². The third-order valence-electron chi connectivity index (χ3n) is 2.72. The number of H-pyrrole nitrogens is 1. The lowest BCUT2D eigenvalue weighted by Gasteiger charge is -2.19. The Bertz CT molecular complexity index is 611. The van der Waals surface area contributed by atoms with Gasteiger partial charge in [-0.25, -0.2) is 4.79 Å². The largest absolute Gasteiger partial charge is 0.459 e. The second-order valence-electron chi connectivity index (χ2n) is 5.63. The molecule has 0 spiro atoms. The quantitative estimate of drug-likeness (QED) is 0.511. The van der Waals surface area contributed by atoms with E-state index in [0.717, 1.165) is 10.9 Å². The number of fused-ring (bicyclic) bond motifs is 1. The topological polar surface area (TPSA) is 77.3 Å². The van der Waals surface area contributed by atoms with Crippen LogP contribution in [-0.2, 0) is 9.47 Å². The van der Waals surface area contributed by atoms with Gasteiger partial charge in [-0.05, 0) is 45.0 Å². The van der Waals surface area contributed by atoms with E-state index in [9.17, 15) is 4.79 Å². The summed E-state index contributed by atoms with van der Waals surface area (Å²) in [5.41, 5.74) is 7.41. The molecule has 0 bridgehead atoms. The first kappa shape index (κ1) is 14.4. The Kier molecular flexibility index (Phi) is 3.99. The Balaban J connectivity index is 1.94. The van der Waals surface area contributed by atoms with Crippen LogP contribution in [0.1, 0.15) is 31.3 Å². The summed E-state index contributed by atoms with van der Waals surface area (Å²) < 4.78 is 10.6. The number of carbonyl (C=O) groups is 1. The first-order valence-electron chi connectivity index (χ1n) is 6.54. The van der Waals surface area contributed by atoms with E-state index < -0.39 is 5.97 Å². The molecule has 0 aliphatic heterocycles. The van der Waals surface area contributed by atoms with Crippen molar-refractivity contribution >= 4 is 22.6 Å². The van der Waals surface area contributed by atoms with Gasteiger partial charge in [0.1, 0.15) is 12.3 Å². The molecular weight excluding hydrogens is 256 g/mol. The number of hydrogen-bond donors (Lipinski definition) is 2. The monoisotopic (exact) mass is 276 g/mol. The van der Waals surface area contributed by atoms with Gasteiger partial charge in [-0.2, -0.15) is 0 Å². The summed E-state index contributed by atoms with van der Waals surface area (Å²) in [5, 5.41) is 0.892.